The van der Waals surface area contributed by atoms with Gasteiger partial charge in [0.15, 0.2) is 11.2 Å². The number of rotatable bonds is 3. The van der Waals surface area contributed by atoms with E-state index in [1.807, 2.05) is 0 Å². The fourth-order valence-corrected chi connectivity index (χ4v) is 3.42. The lowest BCUT2D eigenvalue weighted by Crippen LogP contribution is -2.37. The quantitative estimate of drug-likeness (QED) is 0.662. The third-order valence-corrected chi connectivity index (χ3v) is 4.97. The van der Waals surface area contributed by atoms with Crippen molar-refractivity contribution < 1.29 is 9.59 Å². The molecular formula is C18H18N6O4. The molecular weight excluding hydrogens is 364 g/mol. The number of hydrogen-bond acceptors (Lipinski definition) is 5. The molecule has 1 N–H and O–H groups in total. The van der Waals surface area contributed by atoms with Crippen molar-refractivity contribution in [2.45, 2.75) is 13.0 Å². The van der Waals surface area contributed by atoms with E-state index < -0.39 is 11.2 Å². The number of nitrogens with one attached hydrogen (secondary N) is 1. The van der Waals surface area contributed by atoms with Crippen molar-refractivity contribution in [1.82, 2.24) is 18.7 Å². The number of carbonyl (C=O) groups excluding carboxylic acids is 2. The van der Waals surface area contributed by atoms with Gasteiger partial charge < -0.3 is 14.8 Å². The lowest BCUT2D eigenvalue weighted by atomic mass is 10.1. The van der Waals surface area contributed by atoms with Crippen molar-refractivity contribution in [3.8, 4) is 0 Å². The molecule has 0 bridgehead atoms. The molecule has 0 spiro atoms. The Balaban J connectivity index is 1.60. The highest BCUT2D eigenvalue weighted by Crippen LogP contribution is 2.29. The number of anilines is 2. The Kier molecular flexibility index (Phi) is 3.91. The number of nitrogens with zero attached hydrogens (tertiary/aromatic N) is 5. The summed E-state index contributed by atoms with van der Waals surface area (Å²) < 4.78 is 3.66. The number of benzene rings is 1. The normalized spacial score (nSPS) is 13.2. The second-order valence-electron chi connectivity index (χ2n) is 6.77. The van der Waals surface area contributed by atoms with Crippen LogP contribution >= 0.6 is 0 Å². The molecule has 3 aromatic rings. The standard InChI is InChI=1S/C18H18N6O4/c1-21-12-5-4-11(6-10(12)7-14(21)26)20-13(25)8-24-9-19-16-15(24)17(27)23(3)18(28)22(16)2/h4-6,9H,7-8H2,1-3H3,(H,20,25). The molecule has 28 heavy (non-hydrogen) atoms. The summed E-state index contributed by atoms with van der Waals surface area (Å²) >= 11 is 0. The van der Waals surface area contributed by atoms with Crippen LogP contribution in [0, 0.1) is 0 Å². The molecule has 0 unspecified atom stereocenters. The summed E-state index contributed by atoms with van der Waals surface area (Å²) in [4.78, 5) is 54.4. The van der Waals surface area contributed by atoms with Gasteiger partial charge in [-0.15, -0.1) is 0 Å². The number of hydrogen-bond donors (Lipinski definition) is 1. The summed E-state index contributed by atoms with van der Waals surface area (Å²) in [7, 11) is 4.61. The maximum Gasteiger partial charge on any atom is 0.332 e. The molecule has 4 rings (SSSR count). The molecule has 0 radical (unpaired) electrons. The van der Waals surface area contributed by atoms with Crippen LogP contribution in [0.3, 0.4) is 0 Å². The number of amides is 2. The first-order chi connectivity index (χ1) is 13.3. The third kappa shape index (κ3) is 2.61. The van der Waals surface area contributed by atoms with Crippen LogP contribution in [-0.4, -0.2) is 37.5 Å². The highest BCUT2D eigenvalue weighted by Gasteiger charge is 2.24. The predicted octanol–water partition coefficient (Wildman–Crippen LogP) is -0.409. The van der Waals surface area contributed by atoms with Crippen LogP contribution in [0.2, 0.25) is 0 Å². The monoisotopic (exact) mass is 382 g/mol. The van der Waals surface area contributed by atoms with Crippen LogP contribution in [0.15, 0.2) is 34.1 Å². The lowest BCUT2D eigenvalue weighted by Gasteiger charge is -2.11. The summed E-state index contributed by atoms with van der Waals surface area (Å²) in [5.41, 5.74) is 1.65. The average Bonchev–Trinajstić information content (AvgIpc) is 3.19. The van der Waals surface area contributed by atoms with Crippen molar-refractivity contribution in [3.63, 3.8) is 0 Å². The van der Waals surface area contributed by atoms with Crippen LogP contribution in [0.4, 0.5) is 11.4 Å². The molecule has 2 aromatic heterocycles. The SMILES string of the molecule is CN1C(=O)Cc2cc(NC(=O)Cn3cnc4c3c(=O)n(C)c(=O)n4C)ccc21. The summed E-state index contributed by atoms with van der Waals surface area (Å²) in [5, 5.41) is 2.77. The van der Waals surface area contributed by atoms with Crippen molar-refractivity contribution in [2.24, 2.45) is 14.1 Å². The Morgan fingerprint density at radius 3 is 2.64 bits per heavy atom. The fourth-order valence-electron chi connectivity index (χ4n) is 3.42. The van der Waals surface area contributed by atoms with E-state index in [4.69, 9.17) is 0 Å². The van der Waals surface area contributed by atoms with Crippen LogP contribution in [0.25, 0.3) is 11.2 Å². The van der Waals surface area contributed by atoms with Gasteiger partial charge in [-0.3, -0.25) is 23.5 Å². The molecule has 10 heteroatoms. The largest absolute Gasteiger partial charge is 0.332 e. The van der Waals surface area contributed by atoms with E-state index in [2.05, 4.69) is 10.3 Å². The van der Waals surface area contributed by atoms with E-state index in [0.717, 1.165) is 15.8 Å². The molecule has 0 saturated heterocycles. The van der Waals surface area contributed by atoms with Crippen molar-refractivity contribution in [2.75, 3.05) is 17.3 Å². The van der Waals surface area contributed by atoms with E-state index in [9.17, 15) is 19.2 Å². The van der Waals surface area contributed by atoms with Gasteiger partial charge in [0.2, 0.25) is 11.8 Å². The van der Waals surface area contributed by atoms with Crippen LogP contribution in [0.5, 0.6) is 0 Å². The van der Waals surface area contributed by atoms with E-state index in [-0.39, 0.29) is 29.5 Å². The Bertz CT molecular complexity index is 1270. The molecule has 1 aliphatic rings. The summed E-state index contributed by atoms with van der Waals surface area (Å²) in [6.45, 7) is -0.139. The molecule has 0 atom stereocenters. The summed E-state index contributed by atoms with van der Waals surface area (Å²) in [6, 6.07) is 5.28. The van der Waals surface area contributed by atoms with Gasteiger partial charge in [0.05, 0.1) is 12.7 Å². The van der Waals surface area contributed by atoms with Gasteiger partial charge in [-0.1, -0.05) is 0 Å². The van der Waals surface area contributed by atoms with Crippen LogP contribution in [-0.2, 0) is 36.6 Å². The van der Waals surface area contributed by atoms with Crippen molar-refractivity contribution in [3.05, 3.63) is 50.9 Å². The molecule has 1 aliphatic heterocycles. The first kappa shape index (κ1) is 17.7. The second kappa shape index (κ2) is 6.19. The van der Waals surface area contributed by atoms with Crippen LogP contribution < -0.4 is 21.5 Å². The van der Waals surface area contributed by atoms with Gasteiger partial charge in [-0.25, -0.2) is 9.78 Å². The van der Waals surface area contributed by atoms with E-state index >= 15 is 0 Å². The van der Waals surface area contributed by atoms with E-state index in [0.29, 0.717) is 12.1 Å². The topological polar surface area (TPSA) is 111 Å². The lowest BCUT2D eigenvalue weighted by molar-refractivity contribution is -0.117. The molecule has 2 amide bonds. The zero-order chi connectivity index (χ0) is 20.2. The first-order valence-electron chi connectivity index (χ1n) is 8.58. The number of imidazole rings is 1. The predicted molar refractivity (Wildman–Crippen MR) is 102 cm³/mol. The molecule has 0 fully saturated rings. The highest BCUT2D eigenvalue weighted by molar-refractivity contribution is 6.02. The maximum absolute atomic E-state index is 12.5. The number of fused-ring (bicyclic) bond motifs is 2. The summed E-state index contributed by atoms with van der Waals surface area (Å²) in [6.07, 6.45) is 1.66. The third-order valence-electron chi connectivity index (χ3n) is 4.97. The smallest absolute Gasteiger partial charge is 0.325 e. The Hall–Kier alpha value is -3.69. The van der Waals surface area contributed by atoms with Gasteiger partial charge in [0.1, 0.15) is 6.54 Å². The highest BCUT2D eigenvalue weighted by atomic mass is 16.2. The van der Waals surface area contributed by atoms with Gasteiger partial charge >= 0.3 is 5.69 Å². The Morgan fingerprint density at radius 1 is 1.14 bits per heavy atom. The molecule has 1 aromatic carbocycles. The number of carbonyl (C=O) groups is 2. The van der Waals surface area contributed by atoms with Gasteiger partial charge in [-0.05, 0) is 23.8 Å². The molecule has 10 nitrogen and oxygen atoms in total. The minimum atomic E-state index is -0.512. The number of aryl methyl sites for hydroxylation is 1. The van der Waals surface area contributed by atoms with Crippen LogP contribution in [0.1, 0.15) is 5.56 Å². The van der Waals surface area contributed by atoms with Crippen molar-refractivity contribution >= 4 is 34.4 Å². The number of aromatic nitrogens is 4. The van der Waals surface area contributed by atoms with Gasteiger partial charge in [0, 0.05) is 32.5 Å². The molecule has 3 heterocycles. The fraction of sp³-hybridized carbons (Fsp3) is 0.278. The minimum Gasteiger partial charge on any atom is -0.325 e. The molecule has 144 valence electrons. The van der Waals surface area contributed by atoms with E-state index in [1.165, 1.54) is 29.6 Å². The minimum absolute atomic E-state index is 0.00446. The molecule has 0 aliphatic carbocycles. The van der Waals surface area contributed by atoms with Gasteiger partial charge in [0.25, 0.3) is 5.56 Å². The van der Waals surface area contributed by atoms with Crippen molar-refractivity contribution in [1.29, 1.82) is 0 Å². The zero-order valence-corrected chi connectivity index (χ0v) is 15.6. The zero-order valence-electron chi connectivity index (χ0n) is 15.6. The molecule has 0 saturated carbocycles. The second-order valence-corrected chi connectivity index (χ2v) is 6.77. The van der Waals surface area contributed by atoms with Gasteiger partial charge in [-0.2, -0.15) is 0 Å². The first-order valence-corrected chi connectivity index (χ1v) is 8.58. The Labute approximate surface area is 158 Å². The summed E-state index contributed by atoms with van der Waals surface area (Å²) in [5.74, 6) is -0.349. The van der Waals surface area contributed by atoms with E-state index in [1.54, 1.807) is 30.1 Å². The average molecular weight is 382 g/mol. The number of likely N-dealkylation sites (N-methyl/N-ethyl adjacent to an activating group) is 1. The maximum atomic E-state index is 12.5. The Morgan fingerprint density at radius 2 is 1.89 bits per heavy atom.